The van der Waals surface area contributed by atoms with E-state index >= 15 is 0 Å². The van der Waals surface area contributed by atoms with Gasteiger partial charge in [0, 0.05) is 0 Å². The average Bonchev–Trinajstić information content (AvgIpc) is 2.86. The second-order valence-electron chi connectivity index (χ2n) is 10.6. The van der Waals surface area contributed by atoms with Gasteiger partial charge in [0.25, 0.3) is 0 Å². The summed E-state index contributed by atoms with van der Waals surface area (Å²) in [5.41, 5.74) is 3.77. The van der Waals surface area contributed by atoms with Crippen molar-refractivity contribution >= 4 is 7.69 Å². The Bertz CT molecular complexity index is 748. The lowest BCUT2D eigenvalue weighted by Crippen LogP contribution is -2.28. The van der Waals surface area contributed by atoms with Crippen LogP contribution in [0.25, 0.3) is 0 Å². The van der Waals surface area contributed by atoms with Crippen LogP contribution in [0.1, 0.15) is 115 Å². The summed E-state index contributed by atoms with van der Waals surface area (Å²) in [6, 6.07) is 17.7. The maximum Gasteiger partial charge on any atom is 0.576 e. The van der Waals surface area contributed by atoms with Gasteiger partial charge in [-0.25, -0.2) is 0 Å². The van der Waals surface area contributed by atoms with Gasteiger partial charge in [0.1, 0.15) is 11.5 Å². The van der Waals surface area contributed by atoms with Crippen LogP contribution in [-0.2, 0) is 10.8 Å². The molecule has 178 valence electrons. The van der Waals surface area contributed by atoms with Gasteiger partial charge >= 0.3 is 7.69 Å². The van der Waals surface area contributed by atoms with E-state index in [-0.39, 0.29) is 7.69 Å². The van der Waals surface area contributed by atoms with Crippen LogP contribution < -0.4 is 9.31 Å². The lowest BCUT2D eigenvalue weighted by atomic mass is 9.67. The third-order valence-corrected chi connectivity index (χ3v) is 8.46. The molecule has 0 N–H and O–H groups in total. The van der Waals surface area contributed by atoms with Gasteiger partial charge in [-0.2, -0.15) is 0 Å². The van der Waals surface area contributed by atoms with E-state index in [4.69, 9.17) is 9.31 Å². The molecule has 3 heteroatoms. The van der Waals surface area contributed by atoms with Gasteiger partial charge in [-0.1, -0.05) is 89.5 Å². The van der Waals surface area contributed by atoms with E-state index in [9.17, 15) is 0 Å². The monoisotopic (exact) mass is 446 g/mol. The molecule has 2 nitrogen and oxygen atoms in total. The summed E-state index contributed by atoms with van der Waals surface area (Å²) in [4.78, 5) is 0. The highest BCUT2D eigenvalue weighted by Gasteiger charge is 2.33. The summed E-state index contributed by atoms with van der Waals surface area (Å²) in [5, 5.41) is 0. The Balaban J connectivity index is 1.32. The molecule has 0 aromatic heterocycles. The van der Waals surface area contributed by atoms with Crippen LogP contribution in [0.2, 0.25) is 0 Å². The molecule has 0 bridgehead atoms. The summed E-state index contributed by atoms with van der Waals surface area (Å²) < 4.78 is 11.9. The van der Waals surface area contributed by atoms with E-state index in [1.54, 1.807) is 0 Å². The van der Waals surface area contributed by atoms with Gasteiger partial charge < -0.3 is 9.31 Å². The Labute approximate surface area is 202 Å². The number of benzene rings is 2. The minimum Gasteiger partial charge on any atom is -0.529 e. The van der Waals surface area contributed by atoms with Crippen LogP contribution in [0.3, 0.4) is 0 Å². The van der Waals surface area contributed by atoms with Crippen molar-refractivity contribution in [3.8, 4) is 11.5 Å². The molecular weight excluding hydrogens is 403 g/mol. The fraction of sp³-hybridized carbons (Fsp3) is 0.600. The standard InChI is InChI=1S/C30H43BO2/c1-3-19-29(21-7-5-8-22-29)25-11-15-27(16-12-25)32-31-33-28-17-13-26(14-18-28)30(20-4-2)23-9-6-10-24-30/h11-18,31H,3-10,19-24H2,1-2H3. The molecule has 0 atom stereocenters. The minimum absolute atomic E-state index is 0.249. The highest BCUT2D eigenvalue weighted by atomic mass is 16.6. The molecule has 2 aromatic carbocycles. The van der Waals surface area contributed by atoms with Crippen LogP contribution in [-0.4, -0.2) is 7.69 Å². The van der Waals surface area contributed by atoms with Crippen molar-refractivity contribution in [3.63, 3.8) is 0 Å². The summed E-state index contributed by atoms with van der Waals surface area (Å²) in [5.74, 6) is 1.78. The maximum absolute atomic E-state index is 5.93. The molecular formula is C30H43BO2. The van der Waals surface area contributed by atoms with Crippen molar-refractivity contribution in [2.45, 2.75) is 115 Å². The smallest absolute Gasteiger partial charge is 0.529 e. The predicted molar refractivity (Wildman–Crippen MR) is 141 cm³/mol. The quantitative estimate of drug-likeness (QED) is 0.341. The molecule has 2 fully saturated rings. The third-order valence-electron chi connectivity index (χ3n) is 8.46. The number of rotatable bonds is 10. The van der Waals surface area contributed by atoms with Crippen LogP contribution in [0, 0.1) is 0 Å². The number of hydrogen-bond donors (Lipinski definition) is 0. The highest BCUT2D eigenvalue weighted by Crippen LogP contribution is 2.44. The largest absolute Gasteiger partial charge is 0.576 e. The molecule has 0 unspecified atom stereocenters. The second-order valence-corrected chi connectivity index (χ2v) is 10.6. The molecule has 0 aliphatic heterocycles. The number of hydrogen-bond acceptors (Lipinski definition) is 2. The molecule has 0 saturated heterocycles. The van der Waals surface area contributed by atoms with Crippen molar-refractivity contribution < 1.29 is 9.31 Å². The molecule has 4 rings (SSSR count). The molecule has 2 aliphatic carbocycles. The molecule has 0 radical (unpaired) electrons. The fourth-order valence-corrected chi connectivity index (χ4v) is 6.76. The van der Waals surface area contributed by atoms with Crippen molar-refractivity contribution in [1.29, 1.82) is 0 Å². The van der Waals surface area contributed by atoms with Crippen LogP contribution in [0.15, 0.2) is 48.5 Å². The molecule has 2 aliphatic rings. The zero-order valence-electron chi connectivity index (χ0n) is 21.0. The predicted octanol–water partition coefficient (Wildman–Crippen LogP) is 8.41. The first-order valence-electron chi connectivity index (χ1n) is 13.7. The highest BCUT2D eigenvalue weighted by molar-refractivity contribution is 6.20. The van der Waals surface area contributed by atoms with Gasteiger partial charge in [-0.15, -0.1) is 0 Å². The lowest BCUT2D eigenvalue weighted by Gasteiger charge is -2.38. The summed E-state index contributed by atoms with van der Waals surface area (Å²) in [6.07, 6.45) is 18.7. The Hall–Kier alpha value is -1.90. The first-order chi connectivity index (χ1) is 16.2. The fourth-order valence-electron chi connectivity index (χ4n) is 6.76. The van der Waals surface area contributed by atoms with Gasteiger partial charge in [0.15, 0.2) is 0 Å². The van der Waals surface area contributed by atoms with E-state index in [2.05, 4.69) is 62.4 Å². The van der Waals surface area contributed by atoms with E-state index < -0.39 is 0 Å². The maximum atomic E-state index is 5.93. The average molecular weight is 446 g/mol. The minimum atomic E-state index is 0.249. The van der Waals surface area contributed by atoms with Gasteiger partial charge in [0.2, 0.25) is 0 Å². The summed E-state index contributed by atoms with van der Waals surface area (Å²) >= 11 is 0. The molecule has 2 aromatic rings. The molecule has 2 saturated carbocycles. The summed E-state index contributed by atoms with van der Waals surface area (Å²) in [7, 11) is 0.249. The van der Waals surface area contributed by atoms with Crippen LogP contribution in [0.5, 0.6) is 11.5 Å². The van der Waals surface area contributed by atoms with Gasteiger partial charge in [0.05, 0.1) is 0 Å². The third kappa shape index (κ3) is 5.79. The zero-order valence-corrected chi connectivity index (χ0v) is 21.0. The van der Waals surface area contributed by atoms with E-state index in [0.29, 0.717) is 10.8 Å². The molecule has 0 spiro atoms. The second kappa shape index (κ2) is 11.5. The first-order valence-corrected chi connectivity index (χ1v) is 13.7. The van der Waals surface area contributed by atoms with E-state index in [1.807, 2.05) is 0 Å². The molecule has 0 heterocycles. The van der Waals surface area contributed by atoms with Crippen molar-refractivity contribution in [2.75, 3.05) is 0 Å². The normalized spacial score (nSPS) is 19.6. The Morgan fingerprint density at radius 1 is 0.576 bits per heavy atom. The van der Waals surface area contributed by atoms with Crippen molar-refractivity contribution in [2.24, 2.45) is 0 Å². The molecule has 0 amide bonds. The Morgan fingerprint density at radius 2 is 0.939 bits per heavy atom. The zero-order chi connectivity index (χ0) is 23.0. The Morgan fingerprint density at radius 3 is 1.27 bits per heavy atom. The van der Waals surface area contributed by atoms with E-state index in [0.717, 1.165) is 11.5 Å². The van der Waals surface area contributed by atoms with Crippen LogP contribution >= 0.6 is 0 Å². The van der Waals surface area contributed by atoms with Crippen molar-refractivity contribution in [1.82, 2.24) is 0 Å². The SMILES string of the molecule is CCCC1(c2ccc(OBOc3ccc(C4(CCC)CCCCC4)cc3)cc2)CCCCC1. The lowest BCUT2D eigenvalue weighted by molar-refractivity contribution is 0.271. The Kier molecular flexibility index (Phi) is 8.44. The summed E-state index contributed by atoms with van der Waals surface area (Å²) in [6.45, 7) is 4.63. The van der Waals surface area contributed by atoms with Crippen molar-refractivity contribution in [3.05, 3.63) is 59.7 Å². The topological polar surface area (TPSA) is 18.5 Å². The first kappa shape index (κ1) is 24.2. The van der Waals surface area contributed by atoms with Gasteiger partial charge in [-0.05, 0) is 84.7 Å². The van der Waals surface area contributed by atoms with Crippen LogP contribution in [0.4, 0.5) is 0 Å². The molecule has 33 heavy (non-hydrogen) atoms. The van der Waals surface area contributed by atoms with E-state index in [1.165, 1.54) is 101 Å². The van der Waals surface area contributed by atoms with Gasteiger partial charge in [-0.3, -0.25) is 0 Å².